The van der Waals surface area contributed by atoms with Crippen LogP contribution in [0.4, 0.5) is 0 Å². The first kappa shape index (κ1) is 15.7. The van der Waals surface area contributed by atoms with E-state index in [4.69, 9.17) is 0 Å². The van der Waals surface area contributed by atoms with Crippen LogP contribution in [0.1, 0.15) is 28.7 Å². The SMILES string of the molecule is CCN(Cc1ccccc1)C(=O)c1c(C)nc2ccc(Br)cn12. The summed E-state index contributed by atoms with van der Waals surface area (Å²) in [6.07, 6.45) is 1.89. The summed E-state index contributed by atoms with van der Waals surface area (Å²) in [5.74, 6) is -0.000506. The molecule has 4 nitrogen and oxygen atoms in total. The maximum atomic E-state index is 13.0. The molecule has 0 saturated carbocycles. The third-order valence-electron chi connectivity index (χ3n) is 3.84. The highest BCUT2D eigenvalue weighted by molar-refractivity contribution is 9.10. The van der Waals surface area contributed by atoms with Crippen molar-refractivity contribution in [1.29, 1.82) is 0 Å². The zero-order valence-corrected chi connectivity index (χ0v) is 14.7. The number of hydrogen-bond donors (Lipinski definition) is 0. The second-order valence-corrected chi connectivity index (χ2v) is 6.34. The molecule has 1 amide bonds. The normalized spacial score (nSPS) is 10.9. The van der Waals surface area contributed by atoms with Gasteiger partial charge in [-0.2, -0.15) is 0 Å². The summed E-state index contributed by atoms with van der Waals surface area (Å²) in [6.45, 7) is 5.12. The molecule has 0 radical (unpaired) electrons. The van der Waals surface area contributed by atoms with Gasteiger partial charge in [0.25, 0.3) is 5.91 Å². The van der Waals surface area contributed by atoms with Crippen molar-refractivity contribution >= 4 is 27.5 Å². The van der Waals surface area contributed by atoms with Gasteiger partial charge in [0.15, 0.2) is 0 Å². The molecule has 0 bridgehead atoms. The molecule has 118 valence electrons. The minimum Gasteiger partial charge on any atom is -0.333 e. The van der Waals surface area contributed by atoms with Gasteiger partial charge in [0.1, 0.15) is 11.3 Å². The van der Waals surface area contributed by atoms with Crippen molar-refractivity contribution in [3.05, 3.63) is 70.1 Å². The summed E-state index contributed by atoms with van der Waals surface area (Å²) in [4.78, 5) is 19.4. The molecule has 23 heavy (non-hydrogen) atoms. The van der Waals surface area contributed by atoms with Crippen LogP contribution in [-0.2, 0) is 6.54 Å². The van der Waals surface area contributed by atoms with E-state index in [0.717, 1.165) is 21.4 Å². The van der Waals surface area contributed by atoms with Gasteiger partial charge in [0, 0.05) is 23.8 Å². The second-order valence-electron chi connectivity index (χ2n) is 5.43. The van der Waals surface area contributed by atoms with Crippen molar-refractivity contribution in [2.75, 3.05) is 6.54 Å². The maximum absolute atomic E-state index is 13.0. The molecular formula is C18H18BrN3O. The summed E-state index contributed by atoms with van der Waals surface area (Å²) < 4.78 is 2.78. The van der Waals surface area contributed by atoms with Crippen LogP contribution >= 0.6 is 15.9 Å². The molecule has 0 fully saturated rings. The van der Waals surface area contributed by atoms with Crippen molar-refractivity contribution < 1.29 is 4.79 Å². The van der Waals surface area contributed by atoms with Gasteiger partial charge >= 0.3 is 0 Å². The highest BCUT2D eigenvalue weighted by Crippen LogP contribution is 2.19. The van der Waals surface area contributed by atoms with Crippen LogP contribution in [0.2, 0.25) is 0 Å². The van der Waals surface area contributed by atoms with Gasteiger partial charge in [-0.1, -0.05) is 30.3 Å². The number of benzene rings is 1. The van der Waals surface area contributed by atoms with Crippen molar-refractivity contribution in [2.24, 2.45) is 0 Å². The van der Waals surface area contributed by atoms with Crippen LogP contribution in [0.5, 0.6) is 0 Å². The van der Waals surface area contributed by atoms with Gasteiger partial charge in [-0.05, 0) is 47.5 Å². The van der Waals surface area contributed by atoms with Crippen molar-refractivity contribution in [3.63, 3.8) is 0 Å². The fourth-order valence-electron chi connectivity index (χ4n) is 2.67. The molecule has 0 unspecified atom stereocenters. The lowest BCUT2D eigenvalue weighted by molar-refractivity contribution is 0.0745. The number of halogens is 1. The predicted octanol–water partition coefficient (Wildman–Crippen LogP) is 4.07. The number of imidazole rings is 1. The molecule has 3 aromatic rings. The number of hydrogen-bond acceptors (Lipinski definition) is 2. The zero-order valence-electron chi connectivity index (χ0n) is 13.2. The van der Waals surface area contributed by atoms with E-state index < -0.39 is 0 Å². The zero-order chi connectivity index (χ0) is 16.4. The molecule has 2 heterocycles. The van der Waals surface area contributed by atoms with Crippen LogP contribution in [-0.4, -0.2) is 26.7 Å². The molecule has 0 aliphatic carbocycles. The lowest BCUT2D eigenvalue weighted by Crippen LogP contribution is -2.31. The summed E-state index contributed by atoms with van der Waals surface area (Å²) in [6, 6.07) is 13.9. The topological polar surface area (TPSA) is 37.6 Å². The van der Waals surface area contributed by atoms with Gasteiger partial charge in [-0.15, -0.1) is 0 Å². The van der Waals surface area contributed by atoms with E-state index in [1.807, 2.05) is 71.8 Å². The molecule has 0 aliphatic rings. The summed E-state index contributed by atoms with van der Waals surface area (Å²) in [7, 11) is 0. The van der Waals surface area contributed by atoms with Gasteiger partial charge in [0.2, 0.25) is 0 Å². The smallest absolute Gasteiger partial charge is 0.273 e. The van der Waals surface area contributed by atoms with E-state index in [9.17, 15) is 4.79 Å². The Hall–Kier alpha value is -2.14. The summed E-state index contributed by atoms with van der Waals surface area (Å²) in [5, 5.41) is 0. The van der Waals surface area contributed by atoms with E-state index in [1.54, 1.807) is 0 Å². The van der Waals surface area contributed by atoms with Crippen LogP contribution in [0.25, 0.3) is 5.65 Å². The number of carbonyl (C=O) groups excluding carboxylic acids is 1. The Labute approximate surface area is 143 Å². The molecular weight excluding hydrogens is 354 g/mol. The molecule has 1 aromatic carbocycles. The van der Waals surface area contributed by atoms with Crippen LogP contribution in [0.15, 0.2) is 53.1 Å². The molecule has 0 aliphatic heterocycles. The number of carbonyl (C=O) groups is 1. The van der Waals surface area contributed by atoms with Gasteiger partial charge < -0.3 is 4.90 Å². The monoisotopic (exact) mass is 371 g/mol. The third kappa shape index (κ3) is 3.15. The van der Waals surface area contributed by atoms with Crippen molar-refractivity contribution in [1.82, 2.24) is 14.3 Å². The molecule has 0 atom stereocenters. The van der Waals surface area contributed by atoms with E-state index >= 15 is 0 Å². The number of amides is 1. The molecule has 0 spiro atoms. The Kier molecular flexibility index (Phi) is 4.48. The van der Waals surface area contributed by atoms with Gasteiger partial charge in [-0.25, -0.2) is 4.98 Å². The second kappa shape index (κ2) is 6.54. The first-order valence-electron chi connectivity index (χ1n) is 7.57. The Morgan fingerprint density at radius 1 is 1.22 bits per heavy atom. The number of fused-ring (bicyclic) bond motifs is 1. The fraction of sp³-hybridized carbons (Fsp3) is 0.222. The Balaban J connectivity index is 1.98. The maximum Gasteiger partial charge on any atom is 0.273 e. The van der Waals surface area contributed by atoms with E-state index in [2.05, 4.69) is 20.9 Å². The lowest BCUT2D eigenvalue weighted by Gasteiger charge is -2.21. The standard InChI is InChI=1S/C18H18BrN3O/c1-3-21(11-14-7-5-4-6-8-14)18(23)17-13(2)20-16-10-9-15(19)12-22(16)17/h4-10,12H,3,11H2,1-2H3. The van der Waals surface area contributed by atoms with Gasteiger partial charge in [-0.3, -0.25) is 9.20 Å². The number of nitrogens with zero attached hydrogens (tertiary/aromatic N) is 3. The Morgan fingerprint density at radius 2 is 1.96 bits per heavy atom. The number of aromatic nitrogens is 2. The average Bonchev–Trinajstić information content (AvgIpc) is 2.88. The summed E-state index contributed by atoms with van der Waals surface area (Å²) in [5.41, 5.74) is 3.28. The number of aryl methyl sites for hydroxylation is 1. The minimum absolute atomic E-state index is 0.000506. The van der Waals surface area contributed by atoms with Gasteiger partial charge in [0.05, 0.1) is 5.69 Å². The molecule has 2 aromatic heterocycles. The fourth-order valence-corrected chi connectivity index (χ4v) is 3.01. The molecule has 0 N–H and O–H groups in total. The van der Waals surface area contributed by atoms with Crippen molar-refractivity contribution in [2.45, 2.75) is 20.4 Å². The van der Waals surface area contributed by atoms with Crippen LogP contribution < -0.4 is 0 Å². The van der Waals surface area contributed by atoms with Crippen LogP contribution in [0.3, 0.4) is 0 Å². The number of rotatable bonds is 4. The largest absolute Gasteiger partial charge is 0.333 e. The van der Waals surface area contributed by atoms with Crippen LogP contribution in [0, 0.1) is 6.92 Å². The average molecular weight is 372 g/mol. The third-order valence-corrected chi connectivity index (χ3v) is 4.31. The Bertz CT molecular complexity index is 842. The minimum atomic E-state index is -0.000506. The molecule has 5 heteroatoms. The summed E-state index contributed by atoms with van der Waals surface area (Å²) >= 11 is 3.46. The quantitative estimate of drug-likeness (QED) is 0.693. The lowest BCUT2D eigenvalue weighted by atomic mass is 10.2. The first-order valence-corrected chi connectivity index (χ1v) is 8.37. The van der Waals surface area contributed by atoms with E-state index in [0.29, 0.717) is 18.8 Å². The van der Waals surface area contributed by atoms with E-state index in [-0.39, 0.29) is 5.91 Å². The number of pyridine rings is 1. The first-order chi connectivity index (χ1) is 11.1. The molecule has 0 saturated heterocycles. The Morgan fingerprint density at radius 3 is 2.65 bits per heavy atom. The predicted molar refractivity (Wildman–Crippen MR) is 94.5 cm³/mol. The highest BCUT2D eigenvalue weighted by Gasteiger charge is 2.21. The molecule has 3 rings (SSSR count). The van der Waals surface area contributed by atoms with E-state index in [1.165, 1.54) is 0 Å². The van der Waals surface area contributed by atoms with Crippen molar-refractivity contribution in [3.8, 4) is 0 Å². The highest BCUT2D eigenvalue weighted by atomic mass is 79.9.